The summed E-state index contributed by atoms with van der Waals surface area (Å²) in [6.07, 6.45) is 1.92. The van der Waals surface area contributed by atoms with Crippen molar-refractivity contribution in [3.63, 3.8) is 0 Å². The predicted octanol–water partition coefficient (Wildman–Crippen LogP) is 3.43. The lowest BCUT2D eigenvalue weighted by Crippen LogP contribution is -2.37. The number of nitrogens with one attached hydrogen (secondary N) is 1. The minimum atomic E-state index is -3.80. The summed E-state index contributed by atoms with van der Waals surface area (Å²) in [6, 6.07) is 4.34. The summed E-state index contributed by atoms with van der Waals surface area (Å²) in [5.41, 5.74) is 1.50. The summed E-state index contributed by atoms with van der Waals surface area (Å²) in [7, 11) is -3.80. The minimum Gasteiger partial charge on any atom is -0.315 e. The van der Waals surface area contributed by atoms with Crippen LogP contribution in [0.1, 0.15) is 17.1 Å². The summed E-state index contributed by atoms with van der Waals surface area (Å²) in [4.78, 5) is 12.8. The van der Waals surface area contributed by atoms with Crippen molar-refractivity contribution in [3.8, 4) is 0 Å². The molecular weight excluding hydrogens is 443 g/mol. The number of benzene rings is 1. The average Bonchev–Trinajstić information content (AvgIpc) is 3.06. The number of aryl methyl sites for hydroxylation is 1. The second kappa shape index (κ2) is 7.53. The number of hydrogen-bond donors (Lipinski definition) is 1. The van der Waals surface area contributed by atoms with Gasteiger partial charge in [0.2, 0.25) is 15.2 Å². The van der Waals surface area contributed by atoms with Gasteiger partial charge in [0.15, 0.2) is 0 Å². The Bertz CT molecular complexity index is 1150. The third-order valence-corrected chi connectivity index (χ3v) is 7.52. The Morgan fingerprint density at radius 3 is 2.79 bits per heavy atom. The monoisotopic (exact) mass is 456 g/mol. The molecule has 0 spiro atoms. The van der Waals surface area contributed by atoms with Crippen molar-refractivity contribution in [2.75, 3.05) is 11.9 Å². The molecule has 0 amide bonds. The number of fused-ring (bicyclic) bond motifs is 1. The van der Waals surface area contributed by atoms with Gasteiger partial charge < -0.3 is 5.32 Å². The quantitative estimate of drug-likeness (QED) is 0.641. The normalized spacial score (nSPS) is 14.7. The zero-order chi connectivity index (χ0) is 19.9. The number of hydrogen-bond acceptors (Lipinski definition) is 8. The first-order valence-corrected chi connectivity index (χ1v) is 11.2. The maximum absolute atomic E-state index is 13.1. The van der Waals surface area contributed by atoms with Crippen molar-refractivity contribution >= 4 is 55.7 Å². The van der Waals surface area contributed by atoms with Crippen LogP contribution in [0.15, 0.2) is 29.4 Å². The molecule has 3 heterocycles. The molecule has 3 aromatic rings. The number of aromatic nitrogens is 4. The Kier molecular flexibility index (Phi) is 5.23. The molecule has 0 saturated carbocycles. The Morgan fingerprint density at radius 1 is 1.25 bits per heavy atom. The lowest BCUT2D eigenvalue weighted by Gasteiger charge is -2.28. The third-order valence-electron chi connectivity index (χ3n) is 4.23. The van der Waals surface area contributed by atoms with Crippen LogP contribution >= 0.6 is 34.7 Å². The second-order valence-corrected chi connectivity index (χ2v) is 9.58. The molecule has 28 heavy (non-hydrogen) atoms. The van der Waals surface area contributed by atoms with Crippen molar-refractivity contribution in [2.45, 2.75) is 24.8 Å². The number of sulfonamides is 1. The minimum absolute atomic E-state index is 0.0214. The molecule has 12 heteroatoms. The summed E-state index contributed by atoms with van der Waals surface area (Å²) < 4.78 is 31.7. The van der Waals surface area contributed by atoms with E-state index in [0.717, 1.165) is 5.69 Å². The Hall–Kier alpha value is -1.85. The van der Waals surface area contributed by atoms with E-state index < -0.39 is 10.0 Å². The molecule has 0 bridgehead atoms. The van der Waals surface area contributed by atoms with Crippen molar-refractivity contribution < 1.29 is 8.42 Å². The van der Waals surface area contributed by atoms with Crippen LogP contribution < -0.4 is 5.32 Å². The number of anilines is 2. The molecule has 0 unspecified atom stereocenters. The van der Waals surface area contributed by atoms with E-state index in [-0.39, 0.29) is 16.5 Å². The van der Waals surface area contributed by atoms with Crippen LogP contribution in [0, 0.1) is 6.92 Å². The van der Waals surface area contributed by atoms with Crippen molar-refractivity contribution in [3.05, 3.63) is 51.7 Å². The first kappa shape index (κ1) is 19.5. The van der Waals surface area contributed by atoms with Gasteiger partial charge in [0.25, 0.3) is 0 Å². The summed E-state index contributed by atoms with van der Waals surface area (Å²) in [6.45, 7) is 2.21. The standard InChI is InChI=1S/C16H14Cl2N6O2S2/c1-9-21-16(27-23-9)22-15-11-7-24(5-4-13(11)19-8-20-15)28(25,26)14-3-2-10(17)6-12(14)18/h2-3,6,8H,4-5,7H2,1H3,(H,19,20,21,22,23). The van der Waals surface area contributed by atoms with Crippen LogP contribution in [0.5, 0.6) is 0 Å². The van der Waals surface area contributed by atoms with E-state index in [4.69, 9.17) is 23.2 Å². The highest BCUT2D eigenvalue weighted by molar-refractivity contribution is 7.89. The third kappa shape index (κ3) is 3.70. The lowest BCUT2D eigenvalue weighted by atomic mass is 10.1. The van der Waals surface area contributed by atoms with Crippen LogP contribution in [0.2, 0.25) is 10.0 Å². The van der Waals surface area contributed by atoms with E-state index in [1.165, 1.54) is 40.4 Å². The maximum Gasteiger partial charge on any atom is 0.244 e. The zero-order valence-electron chi connectivity index (χ0n) is 14.6. The first-order chi connectivity index (χ1) is 13.3. The molecular formula is C16H14Cl2N6O2S2. The molecule has 2 aromatic heterocycles. The highest BCUT2D eigenvalue weighted by atomic mass is 35.5. The Morgan fingerprint density at radius 2 is 2.07 bits per heavy atom. The summed E-state index contributed by atoms with van der Waals surface area (Å²) in [5.74, 6) is 1.17. The van der Waals surface area contributed by atoms with E-state index in [9.17, 15) is 8.42 Å². The first-order valence-electron chi connectivity index (χ1n) is 8.20. The van der Waals surface area contributed by atoms with Crippen LogP contribution in [0.3, 0.4) is 0 Å². The van der Waals surface area contributed by atoms with Gasteiger partial charge in [-0.3, -0.25) is 0 Å². The molecule has 146 valence electrons. The van der Waals surface area contributed by atoms with E-state index in [1.54, 1.807) is 6.92 Å². The number of rotatable bonds is 4. The fourth-order valence-electron chi connectivity index (χ4n) is 2.90. The fraction of sp³-hybridized carbons (Fsp3) is 0.250. The SMILES string of the molecule is Cc1nsc(Nc2ncnc3c2CN(S(=O)(=O)c2ccc(Cl)cc2Cl)CC3)n1. The average molecular weight is 457 g/mol. The molecule has 8 nitrogen and oxygen atoms in total. The predicted molar refractivity (Wildman–Crippen MR) is 108 cm³/mol. The largest absolute Gasteiger partial charge is 0.315 e. The highest BCUT2D eigenvalue weighted by Crippen LogP contribution is 2.32. The Balaban J connectivity index is 1.67. The van der Waals surface area contributed by atoms with Gasteiger partial charge in [0, 0.05) is 41.6 Å². The fourth-order valence-corrected chi connectivity index (χ4v) is 5.63. The molecule has 1 aliphatic heterocycles. The molecule has 1 aliphatic rings. The molecule has 0 aliphatic carbocycles. The highest BCUT2D eigenvalue weighted by Gasteiger charge is 2.32. The van der Waals surface area contributed by atoms with Gasteiger partial charge in [-0.2, -0.15) is 8.68 Å². The molecule has 0 atom stereocenters. The van der Waals surface area contributed by atoms with E-state index in [0.29, 0.717) is 40.3 Å². The lowest BCUT2D eigenvalue weighted by molar-refractivity contribution is 0.387. The number of nitrogens with zero attached hydrogens (tertiary/aromatic N) is 5. The summed E-state index contributed by atoms with van der Waals surface area (Å²) >= 11 is 13.2. The van der Waals surface area contributed by atoms with Crippen molar-refractivity contribution in [1.82, 2.24) is 23.6 Å². The smallest absolute Gasteiger partial charge is 0.244 e. The summed E-state index contributed by atoms with van der Waals surface area (Å²) in [5, 5.41) is 4.16. The number of halogens is 2. The molecule has 0 fully saturated rings. The van der Waals surface area contributed by atoms with Crippen LogP contribution in [0.4, 0.5) is 10.9 Å². The Labute approximate surface area is 175 Å². The van der Waals surface area contributed by atoms with Crippen LogP contribution in [0.25, 0.3) is 0 Å². The van der Waals surface area contributed by atoms with Gasteiger partial charge >= 0.3 is 0 Å². The van der Waals surface area contributed by atoms with Gasteiger partial charge in [-0.1, -0.05) is 23.2 Å². The molecule has 1 N–H and O–H groups in total. The van der Waals surface area contributed by atoms with E-state index >= 15 is 0 Å². The van der Waals surface area contributed by atoms with Crippen molar-refractivity contribution in [2.24, 2.45) is 0 Å². The van der Waals surface area contributed by atoms with Gasteiger partial charge in [-0.15, -0.1) is 0 Å². The zero-order valence-corrected chi connectivity index (χ0v) is 17.7. The maximum atomic E-state index is 13.1. The second-order valence-electron chi connectivity index (χ2n) is 6.08. The van der Waals surface area contributed by atoms with Crippen LogP contribution in [-0.4, -0.2) is 38.6 Å². The molecule has 4 rings (SSSR count). The van der Waals surface area contributed by atoms with E-state index in [1.807, 2.05) is 0 Å². The van der Waals surface area contributed by atoms with E-state index in [2.05, 4.69) is 24.6 Å². The molecule has 1 aromatic carbocycles. The van der Waals surface area contributed by atoms with Gasteiger partial charge in [0.05, 0.1) is 10.7 Å². The topological polar surface area (TPSA) is 101 Å². The van der Waals surface area contributed by atoms with Gasteiger partial charge in [-0.25, -0.2) is 23.4 Å². The molecule has 0 saturated heterocycles. The van der Waals surface area contributed by atoms with Crippen LogP contribution in [-0.2, 0) is 23.0 Å². The molecule has 0 radical (unpaired) electrons. The van der Waals surface area contributed by atoms with Gasteiger partial charge in [-0.05, 0) is 25.1 Å². The van der Waals surface area contributed by atoms with Gasteiger partial charge in [0.1, 0.15) is 22.9 Å². The van der Waals surface area contributed by atoms with Crippen molar-refractivity contribution in [1.29, 1.82) is 0 Å².